The average molecular weight is 305 g/mol. The summed E-state index contributed by atoms with van der Waals surface area (Å²) in [5.74, 6) is 0. The van der Waals surface area contributed by atoms with Crippen molar-refractivity contribution in [2.75, 3.05) is 0 Å². The van der Waals surface area contributed by atoms with Crippen molar-refractivity contribution in [3.05, 3.63) is 54.1 Å². The summed E-state index contributed by atoms with van der Waals surface area (Å²) >= 11 is 0. The molecule has 0 saturated carbocycles. The highest BCUT2D eigenvalue weighted by atomic mass is 19.4. The Hall–Kier alpha value is -2.70. The number of carbonyl (C=O) groups is 1. The number of aromatic nitrogens is 3. The first-order valence-electron chi connectivity index (χ1n) is 6.43. The van der Waals surface area contributed by atoms with Gasteiger partial charge < -0.3 is 9.20 Å². The molecule has 0 spiro atoms. The maximum absolute atomic E-state index is 12.6. The third kappa shape index (κ3) is 2.57. The van der Waals surface area contributed by atoms with E-state index in [2.05, 4.69) is 9.97 Å². The van der Waals surface area contributed by atoms with Crippen molar-refractivity contribution in [1.82, 2.24) is 14.4 Å². The Morgan fingerprint density at radius 2 is 1.91 bits per heavy atom. The molecule has 0 aliphatic heterocycles. The highest BCUT2D eigenvalue weighted by Crippen LogP contribution is 2.31. The highest BCUT2D eigenvalue weighted by molar-refractivity contribution is 5.74. The summed E-state index contributed by atoms with van der Waals surface area (Å²) in [4.78, 5) is 19.1. The smallest absolute Gasteiger partial charge is 0.303 e. The van der Waals surface area contributed by atoms with Crippen LogP contribution in [-0.4, -0.2) is 20.7 Å². The molecule has 0 atom stereocenters. The SMILES string of the molecule is O=CCc1cn2ccnc2c(-c2ccc(C(F)(F)F)cc2)n1. The zero-order chi connectivity index (χ0) is 15.7. The number of imidazole rings is 1. The Kier molecular flexibility index (Phi) is 3.40. The molecule has 0 radical (unpaired) electrons. The van der Waals surface area contributed by atoms with Gasteiger partial charge >= 0.3 is 6.18 Å². The van der Waals surface area contributed by atoms with Crippen LogP contribution in [0.3, 0.4) is 0 Å². The van der Waals surface area contributed by atoms with E-state index in [1.54, 1.807) is 23.0 Å². The van der Waals surface area contributed by atoms with Crippen LogP contribution in [0.1, 0.15) is 11.3 Å². The Bertz CT molecular complexity index is 822. The highest BCUT2D eigenvalue weighted by Gasteiger charge is 2.30. The van der Waals surface area contributed by atoms with Crippen LogP contribution in [0.4, 0.5) is 13.2 Å². The molecule has 4 nitrogen and oxygen atoms in total. The lowest BCUT2D eigenvalue weighted by atomic mass is 10.1. The average Bonchev–Trinajstić information content (AvgIpc) is 2.94. The van der Waals surface area contributed by atoms with Crippen molar-refractivity contribution in [2.24, 2.45) is 0 Å². The molecular formula is C15H10F3N3O. The van der Waals surface area contributed by atoms with E-state index >= 15 is 0 Å². The van der Waals surface area contributed by atoms with Gasteiger partial charge in [-0.25, -0.2) is 9.97 Å². The molecule has 0 unspecified atom stereocenters. The predicted molar refractivity (Wildman–Crippen MR) is 73.2 cm³/mol. The number of rotatable bonds is 3. The maximum Gasteiger partial charge on any atom is 0.416 e. The van der Waals surface area contributed by atoms with Gasteiger partial charge in [0.1, 0.15) is 12.0 Å². The minimum atomic E-state index is -4.38. The van der Waals surface area contributed by atoms with Crippen molar-refractivity contribution in [3.8, 4) is 11.3 Å². The molecule has 22 heavy (non-hydrogen) atoms. The number of halogens is 3. The number of nitrogens with zero attached hydrogens (tertiary/aromatic N) is 3. The number of hydrogen-bond donors (Lipinski definition) is 0. The molecule has 3 rings (SSSR count). The summed E-state index contributed by atoms with van der Waals surface area (Å²) in [6.07, 6.45) is 1.40. The topological polar surface area (TPSA) is 47.3 Å². The van der Waals surface area contributed by atoms with Crippen LogP contribution >= 0.6 is 0 Å². The van der Waals surface area contributed by atoms with Gasteiger partial charge in [0.25, 0.3) is 0 Å². The molecule has 1 aromatic carbocycles. The molecule has 0 fully saturated rings. The van der Waals surface area contributed by atoms with E-state index in [-0.39, 0.29) is 6.42 Å². The summed E-state index contributed by atoms with van der Waals surface area (Å²) < 4.78 is 39.6. The van der Waals surface area contributed by atoms with E-state index in [1.807, 2.05) is 0 Å². The van der Waals surface area contributed by atoms with Crippen molar-refractivity contribution in [3.63, 3.8) is 0 Å². The minimum absolute atomic E-state index is 0.127. The van der Waals surface area contributed by atoms with Gasteiger partial charge in [-0.05, 0) is 12.1 Å². The van der Waals surface area contributed by atoms with E-state index in [9.17, 15) is 18.0 Å². The number of hydrogen-bond acceptors (Lipinski definition) is 3. The minimum Gasteiger partial charge on any atom is -0.303 e. The molecule has 0 aliphatic rings. The molecule has 0 N–H and O–H groups in total. The van der Waals surface area contributed by atoms with Crippen LogP contribution in [0, 0.1) is 0 Å². The summed E-state index contributed by atoms with van der Waals surface area (Å²) in [6.45, 7) is 0. The van der Waals surface area contributed by atoms with Crippen molar-refractivity contribution >= 4 is 11.9 Å². The fourth-order valence-electron chi connectivity index (χ4n) is 2.18. The largest absolute Gasteiger partial charge is 0.416 e. The molecular weight excluding hydrogens is 295 g/mol. The summed E-state index contributed by atoms with van der Waals surface area (Å²) in [7, 11) is 0. The number of carbonyl (C=O) groups excluding carboxylic acids is 1. The van der Waals surface area contributed by atoms with E-state index in [0.717, 1.165) is 18.4 Å². The first-order chi connectivity index (χ1) is 10.5. The van der Waals surface area contributed by atoms with Crippen LogP contribution in [-0.2, 0) is 17.4 Å². The Morgan fingerprint density at radius 3 is 2.55 bits per heavy atom. The number of alkyl halides is 3. The van der Waals surface area contributed by atoms with E-state index < -0.39 is 11.7 Å². The molecule has 3 aromatic rings. The lowest BCUT2D eigenvalue weighted by Crippen LogP contribution is -2.04. The van der Waals surface area contributed by atoms with Gasteiger partial charge in [0.15, 0.2) is 5.65 Å². The third-order valence-electron chi connectivity index (χ3n) is 3.20. The van der Waals surface area contributed by atoms with Gasteiger partial charge in [0.05, 0.1) is 11.3 Å². The standard InChI is InChI=1S/C15H10F3N3O/c16-15(17,18)11-3-1-10(2-4-11)13-14-19-6-7-21(14)9-12(20-13)5-8-22/h1-4,6-9H,5H2. The molecule has 2 aromatic heterocycles. The van der Waals surface area contributed by atoms with E-state index in [0.29, 0.717) is 22.6 Å². The molecule has 112 valence electrons. The monoisotopic (exact) mass is 305 g/mol. The summed E-state index contributed by atoms with van der Waals surface area (Å²) in [6, 6.07) is 4.71. The molecule has 7 heteroatoms. The fraction of sp³-hybridized carbons (Fsp3) is 0.133. The van der Waals surface area contributed by atoms with Gasteiger partial charge in [0.2, 0.25) is 0 Å². The second-order valence-electron chi connectivity index (χ2n) is 4.68. The van der Waals surface area contributed by atoms with E-state index in [1.165, 1.54) is 12.1 Å². The summed E-state index contributed by atoms with van der Waals surface area (Å²) in [5.41, 5.74) is 1.28. The first-order valence-corrected chi connectivity index (χ1v) is 6.43. The van der Waals surface area contributed by atoms with Crippen LogP contribution < -0.4 is 0 Å². The molecule has 0 aliphatic carbocycles. The lowest BCUT2D eigenvalue weighted by molar-refractivity contribution is -0.137. The van der Waals surface area contributed by atoms with Gasteiger partial charge in [-0.3, -0.25) is 0 Å². The van der Waals surface area contributed by atoms with Crippen LogP contribution in [0.5, 0.6) is 0 Å². The summed E-state index contributed by atoms with van der Waals surface area (Å²) in [5, 5.41) is 0. The quantitative estimate of drug-likeness (QED) is 0.698. The van der Waals surface area contributed by atoms with Crippen LogP contribution in [0.15, 0.2) is 42.9 Å². The van der Waals surface area contributed by atoms with Crippen molar-refractivity contribution in [1.29, 1.82) is 0 Å². The Morgan fingerprint density at radius 1 is 1.18 bits per heavy atom. The lowest BCUT2D eigenvalue weighted by Gasteiger charge is -2.09. The molecule has 0 bridgehead atoms. The predicted octanol–water partition coefficient (Wildman–Crippen LogP) is 3.16. The number of aldehydes is 1. The maximum atomic E-state index is 12.6. The van der Waals surface area contributed by atoms with Crippen molar-refractivity contribution < 1.29 is 18.0 Å². The first kappa shape index (κ1) is 14.2. The molecule has 0 amide bonds. The Balaban J connectivity index is 2.12. The molecule has 0 saturated heterocycles. The van der Waals surface area contributed by atoms with Crippen LogP contribution in [0.2, 0.25) is 0 Å². The Labute approximate surface area is 123 Å². The van der Waals surface area contributed by atoms with Gasteiger partial charge in [-0.2, -0.15) is 13.2 Å². The van der Waals surface area contributed by atoms with Gasteiger partial charge in [0, 0.05) is 30.6 Å². The number of benzene rings is 1. The normalized spacial score (nSPS) is 11.8. The molecule has 2 heterocycles. The van der Waals surface area contributed by atoms with Gasteiger partial charge in [-0.15, -0.1) is 0 Å². The zero-order valence-corrected chi connectivity index (χ0v) is 11.2. The second kappa shape index (κ2) is 5.25. The van der Waals surface area contributed by atoms with Crippen LogP contribution in [0.25, 0.3) is 16.9 Å². The second-order valence-corrected chi connectivity index (χ2v) is 4.68. The fourth-order valence-corrected chi connectivity index (χ4v) is 2.18. The van der Waals surface area contributed by atoms with Gasteiger partial charge in [-0.1, -0.05) is 12.1 Å². The zero-order valence-electron chi connectivity index (χ0n) is 11.2. The van der Waals surface area contributed by atoms with Crippen molar-refractivity contribution in [2.45, 2.75) is 12.6 Å². The number of fused-ring (bicyclic) bond motifs is 1. The van der Waals surface area contributed by atoms with E-state index in [4.69, 9.17) is 0 Å². The third-order valence-corrected chi connectivity index (χ3v) is 3.20.